The first-order valence-electron chi connectivity index (χ1n) is 7.37. The zero-order valence-corrected chi connectivity index (χ0v) is 14.5. The molecule has 1 fully saturated rings. The predicted molar refractivity (Wildman–Crippen MR) is 96.1 cm³/mol. The monoisotopic (exact) mass is 350 g/mol. The lowest BCUT2D eigenvalue weighted by molar-refractivity contribution is 0.0955. The number of rotatable bonds is 2. The van der Waals surface area contributed by atoms with Crippen molar-refractivity contribution in [3.63, 3.8) is 0 Å². The number of nitrogens with zero attached hydrogens (tertiary/aromatic N) is 3. The number of carbonyl (C=O) groups excluding carboxylic acids is 1. The lowest BCUT2D eigenvalue weighted by atomic mass is 10.2. The third-order valence-corrected chi connectivity index (χ3v) is 5.23. The van der Waals surface area contributed by atoms with E-state index >= 15 is 0 Å². The molecular formula is C15H18N4O2S2. The number of fused-ring (bicyclic) bond motifs is 1. The first-order chi connectivity index (χ1) is 11.1. The normalized spacial score (nSPS) is 18.4. The number of hydrazone groups is 1. The topological polar surface area (TPSA) is 57.2 Å². The van der Waals surface area contributed by atoms with Crippen LogP contribution in [-0.4, -0.2) is 64.9 Å². The minimum Gasteiger partial charge on any atom is -0.440 e. The first-order valence-corrected chi connectivity index (χ1v) is 8.77. The van der Waals surface area contributed by atoms with Crippen LogP contribution >= 0.6 is 24.0 Å². The Hall–Kier alpha value is -1.64. The summed E-state index contributed by atoms with van der Waals surface area (Å²) in [4.78, 5) is 16.4. The Morgan fingerprint density at radius 2 is 2.09 bits per heavy atom. The molecule has 2 aliphatic rings. The number of ether oxygens (including phenoxy) is 1. The smallest absolute Gasteiger partial charge is 0.275 e. The van der Waals surface area contributed by atoms with Gasteiger partial charge >= 0.3 is 0 Å². The number of thiocarbonyl (C=S) groups is 1. The second-order valence-corrected chi connectivity index (χ2v) is 7.00. The highest BCUT2D eigenvalue weighted by atomic mass is 32.2. The van der Waals surface area contributed by atoms with E-state index < -0.39 is 0 Å². The van der Waals surface area contributed by atoms with Crippen LogP contribution in [0.1, 0.15) is 10.4 Å². The van der Waals surface area contributed by atoms with Crippen LogP contribution in [-0.2, 0) is 0 Å². The van der Waals surface area contributed by atoms with E-state index in [9.17, 15) is 4.79 Å². The summed E-state index contributed by atoms with van der Waals surface area (Å²) in [5.74, 6) is 1.19. The molecule has 0 radical (unpaired) electrons. The third kappa shape index (κ3) is 4.01. The minimum atomic E-state index is -0.262. The molecule has 2 aliphatic heterocycles. The van der Waals surface area contributed by atoms with Gasteiger partial charge in [-0.15, -0.1) is 5.10 Å². The Labute approximate surface area is 144 Å². The van der Waals surface area contributed by atoms with Gasteiger partial charge < -0.3 is 14.5 Å². The van der Waals surface area contributed by atoms with Gasteiger partial charge in [-0.25, -0.2) is 5.43 Å². The van der Waals surface area contributed by atoms with E-state index in [1.54, 1.807) is 18.2 Å². The van der Waals surface area contributed by atoms with Crippen molar-refractivity contribution < 1.29 is 9.53 Å². The van der Waals surface area contributed by atoms with Crippen LogP contribution in [0.15, 0.2) is 29.4 Å². The molecule has 1 amide bonds. The van der Waals surface area contributed by atoms with E-state index in [1.807, 2.05) is 6.07 Å². The number of hydrogen-bond acceptors (Lipinski definition) is 6. The lowest BCUT2D eigenvalue weighted by Crippen LogP contribution is -2.46. The molecule has 0 unspecified atom stereocenters. The number of benzene rings is 1. The maximum atomic E-state index is 11.9. The average Bonchev–Trinajstić information content (AvgIpc) is 2.73. The Kier molecular flexibility index (Phi) is 5.14. The van der Waals surface area contributed by atoms with Crippen molar-refractivity contribution in [1.29, 1.82) is 0 Å². The summed E-state index contributed by atoms with van der Waals surface area (Å²) in [6, 6.07) is 7.10. The number of hydrogen-bond donors (Lipinski definition) is 1. The SMILES string of the molecule is CN1CCN(C(=S)SCC2=NNC(=O)c3ccccc3O2)CC1. The maximum Gasteiger partial charge on any atom is 0.275 e. The lowest BCUT2D eigenvalue weighted by Gasteiger charge is -2.33. The largest absolute Gasteiger partial charge is 0.440 e. The zero-order valence-electron chi connectivity index (χ0n) is 12.8. The second kappa shape index (κ2) is 7.29. The number of likely N-dealkylation sites (N-methyl/N-ethyl adjacent to an activating group) is 1. The highest BCUT2D eigenvalue weighted by Crippen LogP contribution is 2.21. The number of amides is 1. The van der Waals surface area contributed by atoms with Gasteiger partial charge in [-0.1, -0.05) is 36.1 Å². The van der Waals surface area contributed by atoms with Gasteiger partial charge in [-0.05, 0) is 19.2 Å². The van der Waals surface area contributed by atoms with Crippen LogP contribution in [0, 0.1) is 0 Å². The van der Waals surface area contributed by atoms with Crippen LogP contribution in [0.5, 0.6) is 5.75 Å². The molecule has 1 saturated heterocycles. The molecule has 0 bridgehead atoms. The molecule has 0 saturated carbocycles. The molecule has 0 atom stereocenters. The Balaban J connectivity index is 1.58. The second-order valence-electron chi connectivity index (χ2n) is 5.39. The van der Waals surface area contributed by atoms with Gasteiger partial charge in [0, 0.05) is 26.2 Å². The summed E-state index contributed by atoms with van der Waals surface area (Å²) in [6.45, 7) is 3.91. The van der Waals surface area contributed by atoms with Crippen LogP contribution in [0.2, 0.25) is 0 Å². The molecule has 2 heterocycles. The quantitative estimate of drug-likeness (QED) is 0.814. The Morgan fingerprint density at radius 1 is 1.35 bits per heavy atom. The molecule has 23 heavy (non-hydrogen) atoms. The number of piperazine rings is 1. The molecule has 3 rings (SSSR count). The number of thioether (sulfide) groups is 1. The molecule has 8 heteroatoms. The molecule has 1 N–H and O–H groups in total. The molecule has 0 aliphatic carbocycles. The summed E-state index contributed by atoms with van der Waals surface area (Å²) in [5, 5.41) is 4.04. The molecule has 1 aromatic carbocycles. The van der Waals surface area contributed by atoms with Crippen LogP contribution in [0.4, 0.5) is 0 Å². The molecule has 1 aromatic rings. The van der Waals surface area contributed by atoms with E-state index in [-0.39, 0.29) is 5.91 Å². The van der Waals surface area contributed by atoms with Crippen molar-refractivity contribution in [2.24, 2.45) is 5.10 Å². The third-order valence-electron chi connectivity index (χ3n) is 3.72. The van der Waals surface area contributed by atoms with Crippen molar-refractivity contribution in [3.8, 4) is 5.75 Å². The maximum absolute atomic E-state index is 11.9. The Bertz CT molecular complexity index is 642. The molecule has 6 nitrogen and oxygen atoms in total. The van der Waals surface area contributed by atoms with Gasteiger partial charge in [0.25, 0.3) is 5.91 Å². The number of nitrogens with one attached hydrogen (secondary N) is 1. The van der Waals surface area contributed by atoms with Gasteiger partial charge in [0.05, 0.1) is 11.3 Å². The first kappa shape index (κ1) is 16.2. The Morgan fingerprint density at radius 3 is 2.87 bits per heavy atom. The minimum absolute atomic E-state index is 0.262. The van der Waals surface area contributed by atoms with Crippen LogP contribution in [0.3, 0.4) is 0 Å². The fourth-order valence-corrected chi connectivity index (χ4v) is 3.43. The van der Waals surface area contributed by atoms with Crippen molar-refractivity contribution in [3.05, 3.63) is 29.8 Å². The number of carbonyl (C=O) groups is 1. The van der Waals surface area contributed by atoms with Gasteiger partial charge in [0.15, 0.2) is 0 Å². The summed E-state index contributed by atoms with van der Waals surface area (Å²) >= 11 is 7.00. The summed E-state index contributed by atoms with van der Waals surface area (Å²) in [5.41, 5.74) is 2.99. The molecule has 0 aromatic heterocycles. The van der Waals surface area contributed by atoms with Crippen molar-refractivity contribution in [1.82, 2.24) is 15.2 Å². The van der Waals surface area contributed by atoms with Crippen molar-refractivity contribution in [2.75, 3.05) is 39.0 Å². The van der Waals surface area contributed by atoms with E-state index in [2.05, 4.69) is 27.4 Å². The molecule has 122 valence electrons. The van der Waals surface area contributed by atoms with Gasteiger partial charge in [0.1, 0.15) is 10.1 Å². The van der Waals surface area contributed by atoms with Crippen LogP contribution in [0.25, 0.3) is 0 Å². The van der Waals surface area contributed by atoms with Gasteiger partial charge in [-0.3, -0.25) is 4.79 Å². The molecule has 0 spiro atoms. The fraction of sp³-hybridized carbons (Fsp3) is 0.400. The van der Waals surface area contributed by atoms with Crippen molar-refractivity contribution in [2.45, 2.75) is 0 Å². The van der Waals surface area contributed by atoms with E-state index in [0.29, 0.717) is 23.0 Å². The number of para-hydroxylation sites is 1. The summed E-state index contributed by atoms with van der Waals surface area (Å²) in [6.07, 6.45) is 0. The average molecular weight is 350 g/mol. The standard InChI is InChI=1S/C15H18N4O2S2/c1-18-6-8-19(9-7-18)15(22)23-10-13-16-17-14(20)11-4-2-3-5-12(11)21-13/h2-5H,6-10H2,1H3,(H,17,20). The van der Waals surface area contributed by atoms with Crippen molar-refractivity contribution >= 4 is 40.1 Å². The van der Waals surface area contributed by atoms with Gasteiger partial charge in [0.2, 0.25) is 5.90 Å². The predicted octanol–water partition coefficient (Wildman–Crippen LogP) is 1.39. The highest BCUT2D eigenvalue weighted by molar-refractivity contribution is 8.23. The van der Waals surface area contributed by atoms with Gasteiger partial charge in [-0.2, -0.15) is 0 Å². The fourth-order valence-electron chi connectivity index (χ4n) is 2.33. The van der Waals surface area contributed by atoms with E-state index in [1.165, 1.54) is 11.8 Å². The zero-order chi connectivity index (χ0) is 16.2. The van der Waals surface area contributed by atoms with E-state index in [4.69, 9.17) is 17.0 Å². The van der Waals surface area contributed by atoms with Crippen LogP contribution < -0.4 is 10.2 Å². The summed E-state index contributed by atoms with van der Waals surface area (Å²) in [7, 11) is 2.11. The summed E-state index contributed by atoms with van der Waals surface area (Å²) < 4.78 is 6.58. The molecular weight excluding hydrogens is 332 g/mol. The highest BCUT2D eigenvalue weighted by Gasteiger charge is 2.20. The van der Waals surface area contributed by atoms with E-state index in [0.717, 1.165) is 30.5 Å².